The number of hydrogen-bond donors (Lipinski definition) is 2. The van der Waals surface area contributed by atoms with Gasteiger partial charge in [0.1, 0.15) is 5.84 Å². The van der Waals surface area contributed by atoms with Crippen LogP contribution in [0.25, 0.3) is 0 Å². The molecule has 0 saturated heterocycles. The van der Waals surface area contributed by atoms with E-state index in [0.29, 0.717) is 11.2 Å². The Balaban J connectivity index is 3.01. The third kappa shape index (κ3) is 3.52. The predicted molar refractivity (Wildman–Crippen MR) is 75.3 cm³/mol. The molecule has 0 heterocycles. The van der Waals surface area contributed by atoms with E-state index in [1.807, 2.05) is 18.2 Å². The zero-order valence-corrected chi connectivity index (χ0v) is 12.2. The van der Waals surface area contributed by atoms with E-state index in [1.54, 1.807) is 11.8 Å². The van der Waals surface area contributed by atoms with Crippen molar-refractivity contribution in [1.29, 1.82) is 5.41 Å². The van der Waals surface area contributed by atoms with Gasteiger partial charge in [-0.15, -0.1) is 11.8 Å². The third-order valence-electron chi connectivity index (χ3n) is 2.49. The molecule has 2 nitrogen and oxygen atoms in total. The van der Waals surface area contributed by atoms with Crippen molar-refractivity contribution in [2.24, 2.45) is 11.7 Å². The Kier molecular flexibility index (Phi) is 4.87. The zero-order chi connectivity index (χ0) is 12.3. The Morgan fingerprint density at radius 2 is 2.00 bits per heavy atom. The summed E-state index contributed by atoms with van der Waals surface area (Å²) >= 11 is 5.22. The topological polar surface area (TPSA) is 49.9 Å². The fourth-order valence-electron chi connectivity index (χ4n) is 1.15. The summed E-state index contributed by atoms with van der Waals surface area (Å²) < 4.78 is 1.02. The SMILES string of the molecule is CC(C)C(C)Sc1cc(Br)ccc1C(=N)N. The van der Waals surface area contributed by atoms with Crippen LogP contribution in [0.4, 0.5) is 0 Å². The summed E-state index contributed by atoms with van der Waals surface area (Å²) in [7, 11) is 0. The molecule has 0 spiro atoms. The molecule has 0 bridgehead atoms. The fourth-order valence-corrected chi connectivity index (χ4v) is 2.84. The highest BCUT2D eigenvalue weighted by molar-refractivity contribution is 9.10. The lowest BCUT2D eigenvalue weighted by atomic mass is 10.2. The number of nitrogens with one attached hydrogen (secondary N) is 1. The molecule has 0 radical (unpaired) electrons. The van der Waals surface area contributed by atoms with E-state index in [2.05, 4.69) is 36.7 Å². The van der Waals surface area contributed by atoms with Gasteiger partial charge in [0, 0.05) is 20.2 Å². The molecule has 3 N–H and O–H groups in total. The first-order valence-corrected chi connectivity index (χ1v) is 6.89. The number of halogens is 1. The van der Waals surface area contributed by atoms with Crippen LogP contribution in [0.5, 0.6) is 0 Å². The van der Waals surface area contributed by atoms with Gasteiger partial charge in [-0.3, -0.25) is 5.41 Å². The van der Waals surface area contributed by atoms with Crippen molar-refractivity contribution in [2.75, 3.05) is 0 Å². The van der Waals surface area contributed by atoms with Crippen LogP contribution in [-0.2, 0) is 0 Å². The quantitative estimate of drug-likeness (QED) is 0.504. The van der Waals surface area contributed by atoms with Gasteiger partial charge in [0.05, 0.1) is 0 Å². The Morgan fingerprint density at radius 3 is 2.50 bits per heavy atom. The minimum Gasteiger partial charge on any atom is -0.384 e. The van der Waals surface area contributed by atoms with Crippen molar-refractivity contribution in [1.82, 2.24) is 0 Å². The molecule has 0 aromatic heterocycles. The molecule has 1 unspecified atom stereocenters. The van der Waals surface area contributed by atoms with E-state index in [0.717, 1.165) is 14.9 Å². The van der Waals surface area contributed by atoms with Gasteiger partial charge in [0.25, 0.3) is 0 Å². The molecule has 0 saturated carbocycles. The van der Waals surface area contributed by atoms with Gasteiger partial charge in [-0.25, -0.2) is 0 Å². The first-order valence-electron chi connectivity index (χ1n) is 5.22. The molecular weight excluding hydrogens is 284 g/mol. The molecule has 16 heavy (non-hydrogen) atoms. The number of rotatable bonds is 4. The third-order valence-corrected chi connectivity index (χ3v) is 4.49. The molecule has 4 heteroatoms. The lowest BCUT2D eigenvalue weighted by Crippen LogP contribution is -2.14. The molecule has 1 aromatic rings. The maximum Gasteiger partial charge on any atom is 0.123 e. The summed E-state index contributed by atoms with van der Waals surface area (Å²) in [5.41, 5.74) is 6.39. The number of thioether (sulfide) groups is 1. The number of hydrogen-bond acceptors (Lipinski definition) is 2. The van der Waals surface area contributed by atoms with Crippen LogP contribution >= 0.6 is 27.7 Å². The lowest BCUT2D eigenvalue weighted by molar-refractivity contribution is 0.642. The molecule has 0 aliphatic heterocycles. The molecule has 0 amide bonds. The zero-order valence-electron chi connectivity index (χ0n) is 9.75. The minimum atomic E-state index is 0.131. The summed E-state index contributed by atoms with van der Waals surface area (Å²) in [6, 6.07) is 5.84. The number of amidine groups is 1. The average Bonchev–Trinajstić information content (AvgIpc) is 2.16. The van der Waals surface area contributed by atoms with E-state index in [1.165, 1.54) is 0 Å². The van der Waals surface area contributed by atoms with Crippen LogP contribution in [0.1, 0.15) is 26.3 Å². The van der Waals surface area contributed by atoms with Crippen molar-refractivity contribution in [3.63, 3.8) is 0 Å². The minimum absolute atomic E-state index is 0.131. The highest BCUT2D eigenvalue weighted by atomic mass is 79.9. The van der Waals surface area contributed by atoms with Crippen molar-refractivity contribution >= 4 is 33.5 Å². The molecule has 88 valence electrons. The first-order chi connectivity index (χ1) is 7.41. The van der Waals surface area contributed by atoms with Gasteiger partial charge in [-0.05, 0) is 24.1 Å². The fraction of sp³-hybridized carbons (Fsp3) is 0.417. The van der Waals surface area contributed by atoms with E-state index < -0.39 is 0 Å². The Labute approximate surface area is 110 Å². The number of benzene rings is 1. The van der Waals surface area contributed by atoms with Gasteiger partial charge < -0.3 is 5.73 Å². The number of nitrogens with two attached hydrogens (primary N) is 1. The van der Waals surface area contributed by atoms with Crippen molar-refractivity contribution in [3.8, 4) is 0 Å². The van der Waals surface area contributed by atoms with Crippen LogP contribution < -0.4 is 5.73 Å². The molecule has 1 rings (SSSR count). The molecule has 1 aromatic carbocycles. The van der Waals surface area contributed by atoms with E-state index in [4.69, 9.17) is 11.1 Å². The summed E-state index contributed by atoms with van der Waals surface area (Å²) in [6.07, 6.45) is 0. The summed E-state index contributed by atoms with van der Waals surface area (Å²) in [4.78, 5) is 1.07. The van der Waals surface area contributed by atoms with Gasteiger partial charge in [0.15, 0.2) is 0 Å². The second-order valence-corrected chi connectivity index (χ2v) is 6.46. The van der Waals surface area contributed by atoms with Gasteiger partial charge in [-0.1, -0.05) is 36.7 Å². The second-order valence-electron chi connectivity index (χ2n) is 4.12. The van der Waals surface area contributed by atoms with Crippen LogP contribution in [0, 0.1) is 11.3 Å². The van der Waals surface area contributed by atoms with Gasteiger partial charge >= 0.3 is 0 Å². The highest BCUT2D eigenvalue weighted by Gasteiger charge is 2.13. The van der Waals surface area contributed by atoms with Crippen LogP contribution in [0.3, 0.4) is 0 Å². The molecule has 0 aliphatic rings. The summed E-state index contributed by atoms with van der Waals surface area (Å²) in [5.74, 6) is 0.731. The van der Waals surface area contributed by atoms with Gasteiger partial charge in [-0.2, -0.15) is 0 Å². The smallest absolute Gasteiger partial charge is 0.123 e. The molecular formula is C12H17BrN2S. The Hall–Kier alpha value is -0.480. The van der Waals surface area contributed by atoms with Crippen LogP contribution in [0.2, 0.25) is 0 Å². The second kappa shape index (κ2) is 5.73. The first kappa shape index (κ1) is 13.6. The lowest BCUT2D eigenvalue weighted by Gasteiger charge is -2.17. The van der Waals surface area contributed by atoms with E-state index >= 15 is 0 Å². The maximum absolute atomic E-state index is 7.55. The molecule has 0 fully saturated rings. The Bertz CT molecular complexity index is 391. The largest absolute Gasteiger partial charge is 0.384 e. The van der Waals surface area contributed by atoms with Crippen LogP contribution in [-0.4, -0.2) is 11.1 Å². The highest BCUT2D eigenvalue weighted by Crippen LogP contribution is 2.32. The van der Waals surface area contributed by atoms with Crippen molar-refractivity contribution < 1.29 is 0 Å². The van der Waals surface area contributed by atoms with Crippen LogP contribution in [0.15, 0.2) is 27.6 Å². The summed E-state index contributed by atoms with van der Waals surface area (Å²) in [5, 5.41) is 8.05. The number of nitrogen functional groups attached to an aromatic ring is 1. The van der Waals surface area contributed by atoms with Crippen molar-refractivity contribution in [3.05, 3.63) is 28.2 Å². The average molecular weight is 301 g/mol. The predicted octanol–water partition coefficient (Wildman–Crippen LogP) is 3.87. The molecule has 1 atom stereocenters. The standard InChI is InChI=1S/C12H17BrN2S/c1-7(2)8(3)16-11-6-9(13)4-5-10(11)12(14)15/h4-8H,1-3H3,(H3,14,15). The molecule has 0 aliphatic carbocycles. The van der Waals surface area contributed by atoms with Crippen molar-refractivity contribution in [2.45, 2.75) is 30.9 Å². The maximum atomic E-state index is 7.55. The Morgan fingerprint density at radius 1 is 1.38 bits per heavy atom. The van der Waals surface area contributed by atoms with Gasteiger partial charge in [0.2, 0.25) is 0 Å². The van der Waals surface area contributed by atoms with E-state index in [9.17, 15) is 0 Å². The normalized spacial score (nSPS) is 12.8. The monoisotopic (exact) mass is 300 g/mol. The van der Waals surface area contributed by atoms with E-state index in [-0.39, 0.29) is 5.84 Å². The summed E-state index contributed by atoms with van der Waals surface area (Å²) in [6.45, 7) is 6.59.